The molecule has 2 rings (SSSR count). The van der Waals surface area contributed by atoms with Crippen LogP contribution in [0.15, 0.2) is 0 Å². The Morgan fingerprint density at radius 2 is 1.95 bits per heavy atom. The molecule has 1 aromatic rings. The van der Waals surface area contributed by atoms with Crippen molar-refractivity contribution in [3.8, 4) is 0 Å². The number of carbonyl (C=O) groups is 1. The third-order valence-corrected chi connectivity index (χ3v) is 3.25. The summed E-state index contributed by atoms with van der Waals surface area (Å²) in [5, 5.41) is 9.10. The zero-order valence-corrected chi connectivity index (χ0v) is 11.3. The molecule has 1 saturated heterocycles. The van der Waals surface area contributed by atoms with E-state index >= 15 is 0 Å². The molecule has 19 heavy (non-hydrogen) atoms. The minimum atomic E-state index is -0.875. The van der Waals surface area contributed by atoms with E-state index in [0.29, 0.717) is 42.6 Å². The second-order valence-corrected chi connectivity index (χ2v) is 4.66. The second-order valence-electron chi connectivity index (χ2n) is 4.66. The molecular formula is C13H18N2O4. The number of aromatic nitrogens is 2. The maximum absolute atomic E-state index is 11.1. The van der Waals surface area contributed by atoms with Crippen molar-refractivity contribution in [1.29, 1.82) is 0 Å². The summed E-state index contributed by atoms with van der Waals surface area (Å²) in [4.78, 5) is 19.9. The lowest BCUT2D eigenvalue weighted by Gasteiger charge is -2.23. The van der Waals surface area contributed by atoms with E-state index in [4.69, 9.17) is 14.6 Å². The average molecular weight is 266 g/mol. The van der Waals surface area contributed by atoms with Gasteiger partial charge in [0.05, 0.1) is 25.7 Å². The molecule has 0 bridgehead atoms. The highest BCUT2D eigenvalue weighted by Crippen LogP contribution is 2.25. The van der Waals surface area contributed by atoms with Crippen LogP contribution in [0.2, 0.25) is 0 Å². The van der Waals surface area contributed by atoms with E-state index in [-0.39, 0.29) is 6.10 Å². The van der Waals surface area contributed by atoms with E-state index in [1.165, 1.54) is 0 Å². The number of nitrogens with zero attached hydrogens (tertiary/aromatic N) is 2. The number of carboxylic acid groups (broad SMARTS) is 1. The zero-order valence-electron chi connectivity index (χ0n) is 11.3. The molecular weight excluding hydrogens is 248 g/mol. The quantitative estimate of drug-likeness (QED) is 0.889. The van der Waals surface area contributed by atoms with Crippen LogP contribution in [-0.2, 0) is 14.3 Å². The number of ether oxygens (including phenoxy) is 2. The molecule has 2 heterocycles. The summed E-state index contributed by atoms with van der Waals surface area (Å²) in [6, 6.07) is 0. The van der Waals surface area contributed by atoms with Crippen molar-refractivity contribution >= 4 is 5.97 Å². The van der Waals surface area contributed by atoms with Crippen molar-refractivity contribution in [2.75, 3.05) is 19.8 Å². The topological polar surface area (TPSA) is 81.5 Å². The van der Waals surface area contributed by atoms with Gasteiger partial charge in [-0.3, -0.25) is 4.79 Å². The first-order valence-electron chi connectivity index (χ1n) is 6.28. The maximum atomic E-state index is 11.1. The summed E-state index contributed by atoms with van der Waals surface area (Å²) < 4.78 is 10.9. The van der Waals surface area contributed by atoms with Gasteiger partial charge < -0.3 is 14.6 Å². The monoisotopic (exact) mass is 266 g/mol. The van der Waals surface area contributed by atoms with E-state index in [2.05, 4.69) is 9.97 Å². The standard InChI is InChI=1S/C13H18N2O4/c1-7(13(16)17)11-8(2)14-12(15-9(11)3)10-6-18-4-5-19-10/h7,10H,4-6H2,1-3H3,(H,16,17). The van der Waals surface area contributed by atoms with Gasteiger partial charge in [0.1, 0.15) is 6.10 Å². The van der Waals surface area contributed by atoms with E-state index in [9.17, 15) is 4.79 Å². The van der Waals surface area contributed by atoms with Gasteiger partial charge in [0.25, 0.3) is 0 Å². The molecule has 1 aliphatic heterocycles. The molecule has 2 atom stereocenters. The fourth-order valence-electron chi connectivity index (χ4n) is 2.28. The second kappa shape index (κ2) is 5.63. The molecule has 0 aromatic carbocycles. The van der Waals surface area contributed by atoms with Crippen LogP contribution in [0.5, 0.6) is 0 Å². The Morgan fingerprint density at radius 1 is 1.32 bits per heavy atom. The number of hydrogen-bond donors (Lipinski definition) is 1. The summed E-state index contributed by atoms with van der Waals surface area (Å²) in [7, 11) is 0. The lowest BCUT2D eigenvalue weighted by Crippen LogP contribution is -2.25. The van der Waals surface area contributed by atoms with Gasteiger partial charge in [-0.1, -0.05) is 0 Å². The first kappa shape index (κ1) is 13.9. The molecule has 1 N–H and O–H groups in total. The Balaban J connectivity index is 2.33. The molecule has 0 aliphatic carbocycles. The molecule has 1 fully saturated rings. The largest absolute Gasteiger partial charge is 0.481 e. The van der Waals surface area contributed by atoms with Crippen molar-refractivity contribution in [3.63, 3.8) is 0 Å². The molecule has 6 heteroatoms. The van der Waals surface area contributed by atoms with Crippen LogP contribution in [0.25, 0.3) is 0 Å². The third kappa shape index (κ3) is 2.90. The van der Waals surface area contributed by atoms with Crippen molar-refractivity contribution in [1.82, 2.24) is 9.97 Å². The number of aryl methyl sites for hydroxylation is 2. The van der Waals surface area contributed by atoms with Crippen molar-refractivity contribution in [3.05, 3.63) is 22.8 Å². The number of rotatable bonds is 3. The molecule has 2 unspecified atom stereocenters. The number of aliphatic carboxylic acids is 1. The smallest absolute Gasteiger partial charge is 0.310 e. The van der Waals surface area contributed by atoms with Gasteiger partial charge in [-0.05, 0) is 20.8 Å². The van der Waals surface area contributed by atoms with Crippen LogP contribution in [0, 0.1) is 13.8 Å². The Hall–Kier alpha value is -1.53. The predicted molar refractivity (Wildman–Crippen MR) is 67.1 cm³/mol. The van der Waals surface area contributed by atoms with Crippen LogP contribution >= 0.6 is 0 Å². The van der Waals surface area contributed by atoms with Crippen molar-refractivity contribution < 1.29 is 19.4 Å². The van der Waals surface area contributed by atoms with Crippen LogP contribution in [0.4, 0.5) is 0 Å². The lowest BCUT2D eigenvalue weighted by atomic mass is 9.98. The van der Waals surface area contributed by atoms with Gasteiger partial charge in [-0.15, -0.1) is 0 Å². The fourth-order valence-corrected chi connectivity index (χ4v) is 2.28. The SMILES string of the molecule is Cc1nc(C2COCCO2)nc(C)c1C(C)C(=O)O. The zero-order chi connectivity index (χ0) is 14.0. The highest BCUT2D eigenvalue weighted by Gasteiger charge is 2.24. The van der Waals surface area contributed by atoms with Gasteiger partial charge in [-0.2, -0.15) is 0 Å². The fraction of sp³-hybridized carbons (Fsp3) is 0.615. The van der Waals surface area contributed by atoms with Gasteiger partial charge in [-0.25, -0.2) is 9.97 Å². The summed E-state index contributed by atoms with van der Waals surface area (Å²) in [6.45, 7) is 6.79. The van der Waals surface area contributed by atoms with Gasteiger partial charge in [0.2, 0.25) is 0 Å². The lowest BCUT2D eigenvalue weighted by molar-refractivity contribution is -0.138. The van der Waals surface area contributed by atoms with E-state index in [0.717, 1.165) is 0 Å². The van der Waals surface area contributed by atoms with E-state index in [1.807, 2.05) is 0 Å². The Labute approximate surface area is 111 Å². The first-order chi connectivity index (χ1) is 9.00. The van der Waals surface area contributed by atoms with Gasteiger partial charge in [0.15, 0.2) is 5.82 Å². The molecule has 0 amide bonds. The number of hydrogen-bond acceptors (Lipinski definition) is 5. The minimum absolute atomic E-state index is 0.264. The predicted octanol–water partition coefficient (Wildman–Crippen LogP) is 1.37. The van der Waals surface area contributed by atoms with Gasteiger partial charge >= 0.3 is 5.97 Å². The summed E-state index contributed by atoms with van der Waals surface area (Å²) >= 11 is 0. The van der Waals surface area contributed by atoms with Crippen LogP contribution in [-0.4, -0.2) is 40.9 Å². The summed E-state index contributed by atoms with van der Waals surface area (Å²) in [6.07, 6.45) is -0.264. The summed E-state index contributed by atoms with van der Waals surface area (Å²) in [5.74, 6) is -0.923. The Morgan fingerprint density at radius 3 is 2.42 bits per heavy atom. The van der Waals surface area contributed by atoms with E-state index in [1.54, 1.807) is 20.8 Å². The molecule has 6 nitrogen and oxygen atoms in total. The Bertz CT molecular complexity index is 461. The molecule has 0 saturated carbocycles. The molecule has 1 aliphatic rings. The maximum Gasteiger partial charge on any atom is 0.310 e. The number of carboxylic acids is 1. The first-order valence-corrected chi connectivity index (χ1v) is 6.28. The highest BCUT2D eigenvalue weighted by atomic mass is 16.6. The Kier molecular flexibility index (Phi) is 4.11. The molecule has 0 spiro atoms. The van der Waals surface area contributed by atoms with Crippen molar-refractivity contribution in [2.45, 2.75) is 32.8 Å². The normalized spacial score (nSPS) is 21.1. The van der Waals surface area contributed by atoms with Crippen LogP contribution < -0.4 is 0 Å². The highest BCUT2D eigenvalue weighted by molar-refractivity contribution is 5.76. The van der Waals surface area contributed by atoms with Gasteiger partial charge in [0, 0.05) is 17.0 Å². The minimum Gasteiger partial charge on any atom is -0.481 e. The third-order valence-electron chi connectivity index (χ3n) is 3.25. The molecule has 104 valence electrons. The summed E-state index contributed by atoms with van der Waals surface area (Å²) in [5.41, 5.74) is 2.05. The van der Waals surface area contributed by atoms with E-state index < -0.39 is 11.9 Å². The van der Waals surface area contributed by atoms with Crippen LogP contribution in [0.3, 0.4) is 0 Å². The molecule has 1 aromatic heterocycles. The van der Waals surface area contributed by atoms with Crippen LogP contribution in [0.1, 0.15) is 41.7 Å². The average Bonchev–Trinajstić information content (AvgIpc) is 2.38. The molecule has 0 radical (unpaired) electrons. The van der Waals surface area contributed by atoms with Crippen molar-refractivity contribution in [2.24, 2.45) is 0 Å².